The van der Waals surface area contributed by atoms with Crippen molar-refractivity contribution in [2.24, 2.45) is 5.16 Å². The summed E-state index contributed by atoms with van der Waals surface area (Å²) in [4.78, 5) is 0. The molecule has 0 spiro atoms. The summed E-state index contributed by atoms with van der Waals surface area (Å²) in [6.45, 7) is 2.50. The van der Waals surface area contributed by atoms with Crippen molar-refractivity contribution in [2.75, 3.05) is 0 Å². The Hall–Kier alpha value is -1.33. The van der Waals surface area contributed by atoms with E-state index in [2.05, 4.69) is 37.0 Å². The molecule has 5 heteroatoms. The van der Waals surface area contributed by atoms with E-state index in [4.69, 9.17) is 9.94 Å². The smallest absolute Gasteiger partial charge is 0.142 e. The number of oxime groups is 1. The first-order valence-corrected chi connectivity index (χ1v) is 7.53. The van der Waals surface area contributed by atoms with Crippen LogP contribution >= 0.6 is 31.9 Å². The Morgan fingerprint density at radius 3 is 2.55 bits per heavy atom. The fourth-order valence-electron chi connectivity index (χ4n) is 1.73. The number of ether oxygens (including phenoxy) is 1. The van der Waals surface area contributed by atoms with Crippen molar-refractivity contribution in [1.82, 2.24) is 0 Å². The van der Waals surface area contributed by atoms with E-state index in [0.717, 1.165) is 14.5 Å². The Labute approximate surface area is 134 Å². The number of hydrogen-bond acceptors (Lipinski definition) is 3. The van der Waals surface area contributed by atoms with Gasteiger partial charge >= 0.3 is 0 Å². The average molecular weight is 399 g/mol. The number of hydrogen-bond donors (Lipinski definition) is 1. The van der Waals surface area contributed by atoms with E-state index in [1.165, 1.54) is 11.8 Å². The largest absolute Gasteiger partial charge is 0.487 e. The first-order valence-electron chi connectivity index (χ1n) is 5.95. The number of rotatable bonds is 4. The average Bonchev–Trinajstić information content (AvgIpc) is 2.40. The molecule has 0 aliphatic rings. The molecule has 3 nitrogen and oxygen atoms in total. The van der Waals surface area contributed by atoms with Gasteiger partial charge in [0.05, 0.1) is 10.7 Å². The Balaban J connectivity index is 2.22. The van der Waals surface area contributed by atoms with E-state index >= 15 is 0 Å². The van der Waals surface area contributed by atoms with Gasteiger partial charge in [0.1, 0.15) is 12.4 Å². The molecule has 0 atom stereocenters. The summed E-state index contributed by atoms with van der Waals surface area (Å²) >= 11 is 6.85. The van der Waals surface area contributed by atoms with Crippen LogP contribution in [0.4, 0.5) is 0 Å². The van der Waals surface area contributed by atoms with Crippen LogP contribution in [0.25, 0.3) is 0 Å². The molecule has 0 bridgehead atoms. The quantitative estimate of drug-likeness (QED) is 0.451. The lowest BCUT2D eigenvalue weighted by Gasteiger charge is -2.12. The summed E-state index contributed by atoms with van der Waals surface area (Å²) in [6.07, 6.45) is 1.35. The van der Waals surface area contributed by atoms with E-state index in [0.29, 0.717) is 17.9 Å². The summed E-state index contributed by atoms with van der Waals surface area (Å²) in [6, 6.07) is 11.9. The van der Waals surface area contributed by atoms with Crippen LogP contribution in [0.5, 0.6) is 5.75 Å². The molecule has 2 aromatic carbocycles. The van der Waals surface area contributed by atoms with Gasteiger partial charge in [0.15, 0.2) is 0 Å². The molecule has 2 aromatic rings. The second-order valence-electron chi connectivity index (χ2n) is 4.32. The van der Waals surface area contributed by atoms with Gasteiger partial charge in [-0.2, -0.15) is 0 Å². The molecule has 0 saturated heterocycles. The van der Waals surface area contributed by atoms with Crippen molar-refractivity contribution in [1.29, 1.82) is 0 Å². The predicted molar refractivity (Wildman–Crippen MR) is 86.7 cm³/mol. The Kier molecular flexibility index (Phi) is 5.20. The Bertz CT molecular complexity index is 625. The molecule has 0 fully saturated rings. The Morgan fingerprint density at radius 1 is 1.20 bits per heavy atom. The maximum absolute atomic E-state index is 8.72. The van der Waals surface area contributed by atoms with E-state index in [1.54, 1.807) is 0 Å². The van der Waals surface area contributed by atoms with Crippen LogP contribution in [0.3, 0.4) is 0 Å². The summed E-state index contributed by atoms with van der Waals surface area (Å²) in [5, 5.41) is 11.8. The second kappa shape index (κ2) is 6.90. The van der Waals surface area contributed by atoms with Crippen LogP contribution < -0.4 is 4.74 Å². The lowest BCUT2D eigenvalue weighted by molar-refractivity contribution is 0.302. The van der Waals surface area contributed by atoms with Crippen LogP contribution in [0.2, 0.25) is 0 Å². The minimum Gasteiger partial charge on any atom is -0.487 e. The maximum Gasteiger partial charge on any atom is 0.142 e. The number of benzene rings is 2. The number of nitrogens with zero attached hydrogens (tertiary/aromatic N) is 1. The van der Waals surface area contributed by atoms with Crippen molar-refractivity contribution < 1.29 is 9.94 Å². The van der Waals surface area contributed by atoms with Gasteiger partial charge in [0.2, 0.25) is 0 Å². The van der Waals surface area contributed by atoms with Crippen LogP contribution in [-0.2, 0) is 6.61 Å². The zero-order chi connectivity index (χ0) is 14.5. The van der Waals surface area contributed by atoms with Crippen LogP contribution in [0.1, 0.15) is 16.7 Å². The zero-order valence-corrected chi connectivity index (χ0v) is 14.0. The van der Waals surface area contributed by atoms with Crippen molar-refractivity contribution in [2.45, 2.75) is 13.5 Å². The van der Waals surface area contributed by atoms with Crippen molar-refractivity contribution in [3.05, 3.63) is 62.0 Å². The van der Waals surface area contributed by atoms with Crippen LogP contribution in [-0.4, -0.2) is 11.4 Å². The summed E-state index contributed by atoms with van der Waals surface area (Å²) in [5.41, 5.74) is 2.99. The minimum absolute atomic E-state index is 0.451. The maximum atomic E-state index is 8.72. The highest BCUT2D eigenvalue weighted by molar-refractivity contribution is 9.11. The highest BCUT2D eigenvalue weighted by atomic mass is 79.9. The topological polar surface area (TPSA) is 41.8 Å². The summed E-state index contributed by atoms with van der Waals surface area (Å²) < 4.78 is 7.51. The molecule has 0 heterocycles. The molecular weight excluding hydrogens is 386 g/mol. The third-order valence-electron chi connectivity index (χ3n) is 2.74. The van der Waals surface area contributed by atoms with Gasteiger partial charge in [-0.25, -0.2) is 0 Å². The molecule has 0 aliphatic carbocycles. The fourth-order valence-corrected chi connectivity index (χ4v) is 3.10. The monoisotopic (exact) mass is 397 g/mol. The normalized spacial score (nSPS) is 10.9. The van der Waals surface area contributed by atoms with Gasteiger partial charge in [0.25, 0.3) is 0 Å². The van der Waals surface area contributed by atoms with Crippen molar-refractivity contribution >= 4 is 38.1 Å². The summed E-state index contributed by atoms with van der Waals surface area (Å²) in [5.74, 6) is 0.645. The highest BCUT2D eigenvalue weighted by Crippen LogP contribution is 2.32. The van der Waals surface area contributed by atoms with Crippen LogP contribution in [0.15, 0.2) is 50.5 Å². The molecule has 0 saturated carbocycles. The minimum atomic E-state index is 0.451. The molecule has 2 rings (SSSR count). The molecule has 0 amide bonds. The zero-order valence-electron chi connectivity index (χ0n) is 10.8. The molecule has 1 N–H and O–H groups in total. The van der Waals surface area contributed by atoms with Gasteiger partial charge < -0.3 is 9.94 Å². The number of aryl methyl sites for hydroxylation is 1. The van der Waals surface area contributed by atoms with E-state index in [9.17, 15) is 0 Å². The molecule has 0 radical (unpaired) electrons. The first-order chi connectivity index (χ1) is 9.60. The van der Waals surface area contributed by atoms with Gasteiger partial charge in [-0.1, -0.05) is 50.9 Å². The molecule has 20 heavy (non-hydrogen) atoms. The highest BCUT2D eigenvalue weighted by Gasteiger charge is 2.09. The third-order valence-corrected chi connectivity index (χ3v) is 3.78. The molecule has 104 valence electrons. The van der Waals surface area contributed by atoms with Gasteiger partial charge in [-0.15, -0.1) is 0 Å². The Morgan fingerprint density at radius 2 is 1.90 bits per heavy atom. The standard InChI is InChI=1S/C15H13Br2NO2/c1-10-2-4-11(5-3-10)9-20-15-12(8-18-19)6-13(16)7-14(15)17/h2-8,19H,9H2,1H3/b18-8-. The number of halogens is 2. The lowest BCUT2D eigenvalue weighted by Crippen LogP contribution is -1.99. The molecule has 0 aromatic heterocycles. The van der Waals surface area contributed by atoms with Crippen molar-refractivity contribution in [3.8, 4) is 5.75 Å². The lowest BCUT2D eigenvalue weighted by atomic mass is 10.1. The van der Waals surface area contributed by atoms with Crippen LogP contribution in [0, 0.1) is 6.92 Å². The fraction of sp³-hybridized carbons (Fsp3) is 0.133. The van der Waals surface area contributed by atoms with Gasteiger partial charge in [-0.3, -0.25) is 0 Å². The van der Waals surface area contributed by atoms with Gasteiger partial charge in [0, 0.05) is 10.0 Å². The van der Waals surface area contributed by atoms with E-state index in [-0.39, 0.29) is 0 Å². The predicted octanol–water partition coefficient (Wildman–Crippen LogP) is 4.91. The summed E-state index contributed by atoms with van der Waals surface area (Å²) in [7, 11) is 0. The second-order valence-corrected chi connectivity index (χ2v) is 6.09. The molecule has 0 unspecified atom stereocenters. The SMILES string of the molecule is Cc1ccc(COc2c(Br)cc(Br)cc2/C=N\O)cc1. The van der Waals surface area contributed by atoms with E-state index < -0.39 is 0 Å². The van der Waals surface area contributed by atoms with Crippen molar-refractivity contribution in [3.63, 3.8) is 0 Å². The first kappa shape index (κ1) is 15.1. The van der Waals surface area contributed by atoms with Gasteiger partial charge in [-0.05, 0) is 40.5 Å². The molecular formula is C15H13Br2NO2. The molecule has 0 aliphatic heterocycles. The van der Waals surface area contributed by atoms with E-state index in [1.807, 2.05) is 43.3 Å². The third kappa shape index (κ3) is 3.84.